The van der Waals surface area contributed by atoms with E-state index in [-0.39, 0.29) is 25.2 Å². The number of hydrogen-bond donors (Lipinski definition) is 1. The molecule has 1 saturated heterocycles. The molecule has 1 heterocycles. The lowest BCUT2D eigenvalue weighted by atomic mass is 9.81. The summed E-state index contributed by atoms with van der Waals surface area (Å²) in [6, 6.07) is 8.51. The number of Topliss-reactive ketones (excluding diaryl/α,β-unsaturated/α-hetero) is 1. The van der Waals surface area contributed by atoms with Crippen LogP contribution in [0.25, 0.3) is 0 Å². The Labute approximate surface area is 134 Å². The van der Waals surface area contributed by atoms with E-state index in [9.17, 15) is 14.7 Å². The maximum Gasteiger partial charge on any atom is 0.338 e. The lowest BCUT2D eigenvalue weighted by Crippen LogP contribution is -2.51. The van der Waals surface area contributed by atoms with Crippen LogP contribution in [0.2, 0.25) is 0 Å². The third kappa shape index (κ3) is 3.44. The molecule has 2 fully saturated rings. The van der Waals surface area contributed by atoms with Crippen LogP contribution in [-0.4, -0.2) is 47.1 Å². The number of carbonyl (C=O) groups is 2. The molecule has 3 rings (SSSR count). The predicted octanol–water partition coefficient (Wildman–Crippen LogP) is 1.46. The second kappa shape index (κ2) is 5.70. The highest BCUT2D eigenvalue weighted by atomic mass is 16.8. The fourth-order valence-corrected chi connectivity index (χ4v) is 3.10. The van der Waals surface area contributed by atoms with Gasteiger partial charge in [0.05, 0.1) is 11.7 Å². The number of rotatable bonds is 3. The normalized spacial score (nSPS) is 32.4. The topological polar surface area (TPSA) is 82.1 Å². The summed E-state index contributed by atoms with van der Waals surface area (Å²) in [5, 5.41) is 10.6. The van der Waals surface area contributed by atoms with Gasteiger partial charge in [-0.2, -0.15) is 0 Å². The second-order valence-electron chi connectivity index (χ2n) is 6.61. The molecule has 0 spiro atoms. The van der Waals surface area contributed by atoms with Gasteiger partial charge in [-0.05, 0) is 26.0 Å². The molecule has 3 atom stereocenters. The zero-order valence-corrected chi connectivity index (χ0v) is 13.2. The molecule has 0 radical (unpaired) electrons. The average Bonchev–Trinajstić information content (AvgIpc) is 2.80. The van der Waals surface area contributed by atoms with Crippen LogP contribution in [0.5, 0.6) is 0 Å². The molecule has 6 heteroatoms. The minimum atomic E-state index is -1.42. The van der Waals surface area contributed by atoms with E-state index in [0.717, 1.165) is 0 Å². The largest absolute Gasteiger partial charge is 0.459 e. The van der Waals surface area contributed by atoms with Gasteiger partial charge in [-0.15, -0.1) is 0 Å². The van der Waals surface area contributed by atoms with Gasteiger partial charge in [-0.3, -0.25) is 4.79 Å². The molecular formula is C17H20O6. The molecule has 0 aromatic heterocycles. The fraction of sp³-hybridized carbons (Fsp3) is 0.529. The first kappa shape index (κ1) is 16.1. The summed E-state index contributed by atoms with van der Waals surface area (Å²) < 4.78 is 16.4. The van der Waals surface area contributed by atoms with E-state index >= 15 is 0 Å². The van der Waals surface area contributed by atoms with E-state index in [2.05, 4.69) is 0 Å². The van der Waals surface area contributed by atoms with Gasteiger partial charge in [0.15, 0.2) is 11.6 Å². The van der Waals surface area contributed by atoms with Crippen LogP contribution in [0.1, 0.15) is 37.0 Å². The molecule has 0 amide bonds. The second-order valence-corrected chi connectivity index (χ2v) is 6.61. The Morgan fingerprint density at radius 3 is 2.70 bits per heavy atom. The molecule has 0 unspecified atom stereocenters. The number of esters is 1. The molecule has 1 aliphatic carbocycles. The molecule has 6 nitrogen and oxygen atoms in total. The van der Waals surface area contributed by atoms with E-state index in [1.165, 1.54) is 0 Å². The summed E-state index contributed by atoms with van der Waals surface area (Å²) in [6.07, 6.45) is -1.10. The Bertz CT molecular complexity index is 611. The zero-order valence-electron chi connectivity index (χ0n) is 13.2. The smallest absolute Gasteiger partial charge is 0.338 e. The third-order valence-corrected chi connectivity index (χ3v) is 4.07. The summed E-state index contributed by atoms with van der Waals surface area (Å²) in [6.45, 7) is 3.21. The average molecular weight is 320 g/mol. The van der Waals surface area contributed by atoms with Crippen LogP contribution in [-0.2, 0) is 19.0 Å². The van der Waals surface area contributed by atoms with Gasteiger partial charge in [0.1, 0.15) is 18.3 Å². The number of fused-ring (bicyclic) bond motifs is 1. The molecule has 124 valence electrons. The zero-order chi connectivity index (χ0) is 16.7. The first-order chi connectivity index (χ1) is 10.8. The molecule has 23 heavy (non-hydrogen) atoms. The highest BCUT2D eigenvalue weighted by molar-refractivity contribution is 5.89. The number of aliphatic hydroxyl groups is 1. The van der Waals surface area contributed by atoms with Gasteiger partial charge >= 0.3 is 5.97 Å². The van der Waals surface area contributed by atoms with Crippen molar-refractivity contribution in [3.05, 3.63) is 35.9 Å². The SMILES string of the molecule is CC1(C)O[C@@H]2C[C@@](O)(COC(=O)c3ccccc3)CC(=O)[C@@H]2O1. The highest BCUT2D eigenvalue weighted by Gasteiger charge is 2.53. The molecular weight excluding hydrogens is 300 g/mol. The molecule has 1 N–H and O–H groups in total. The predicted molar refractivity (Wildman–Crippen MR) is 79.7 cm³/mol. The lowest BCUT2D eigenvalue weighted by Gasteiger charge is -2.35. The summed E-state index contributed by atoms with van der Waals surface area (Å²) in [5.41, 5.74) is -1.02. The maximum atomic E-state index is 12.2. The Hall–Kier alpha value is -1.76. The number of ether oxygens (including phenoxy) is 3. The first-order valence-electron chi connectivity index (χ1n) is 7.61. The van der Waals surface area contributed by atoms with Crippen molar-refractivity contribution in [2.45, 2.75) is 50.3 Å². The molecule has 1 saturated carbocycles. The van der Waals surface area contributed by atoms with Gasteiger partial charge in [0.2, 0.25) is 0 Å². The first-order valence-corrected chi connectivity index (χ1v) is 7.61. The minimum absolute atomic E-state index is 0.115. The maximum absolute atomic E-state index is 12.2. The summed E-state index contributed by atoms with van der Waals surface area (Å²) in [7, 11) is 0. The van der Waals surface area contributed by atoms with Crippen molar-refractivity contribution in [1.29, 1.82) is 0 Å². The van der Waals surface area contributed by atoms with Crippen molar-refractivity contribution < 1.29 is 28.9 Å². The van der Waals surface area contributed by atoms with Crippen LogP contribution >= 0.6 is 0 Å². The standard InChI is InChI=1S/C17H20O6/c1-16(2)22-13-9-17(20,8-12(18)14(13)23-16)10-21-15(19)11-6-4-3-5-7-11/h3-7,13-14,20H,8-10H2,1-2H3/t13-,14+,17-/m1/s1. The van der Waals surface area contributed by atoms with E-state index < -0.39 is 29.6 Å². The Morgan fingerprint density at radius 1 is 1.30 bits per heavy atom. The Morgan fingerprint density at radius 2 is 2.00 bits per heavy atom. The molecule has 1 aromatic rings. The number of hydrogen-bond acceptors (Lipinski definition) is 6. The van der Waals surface area contributed by atoms with Crippen LogP contribution in [0.15, 0.2) is 30.3 Å². The summed E-state index contributed by atoms with van der Waals surface area (Å²) in [4.78, 5) is 24.2. The lowest BCUT2D eigenvalue weighted by molar-refractivity contribution is -0.153. The van der Waals surface area contributed by atoms with E-state index in [0.29, 0.717) is 5.56 Å². The van der Waals surface area contributed by atoms with E-state index in [1.807, 2.05) is 0 Å². The summed E-state index contributed by atoms with van der Waals surface area (Å²) in [5.74, 6) is -1.61. The molecule has 2 aliphatic rings. The number of benzene rings is 1. The van der Waals surface area contributed by atoms with Crippen molar-refractivity contribution in [3.63, 3.8) is 0 Å². The van der Waals surface area contributed by atoms with E-state index in [1.54, 1.807) is 44.2 Å². The van der Waals surface area contributed by atoms with Crippen LogP contribution in [0.3, 0.4) is 0 Å². The third-order valence-electron chi connectivity index (χ3n) is 4.07. The van der Waals surface area contributed by atoms with Gasteiger partial charge < -0.3 is 19.3 Å². The molecule has 1 aromatic carbocycles. The number of carbonyl (C=O) groups excluding carboxylic acids is 2. The van der Waals surface area contributed by atoms with Gasteiger partial charge in [0, 0.05) is 12.8 Å². The van der Waals surface area contributed by atoms with E-state index in [4.69, 9.17) is 14.2 Å². The fourth-order valence-electron chi connectivity index (χ4n) is 3.10. The molecule has 0 bridgehead atoms. The summed E-state index contributed by atoms with van der Waals surface area (Å²) >= 11 is 0. The van der Waals surface area contributed by atoms with Crippen molar-refractivity contribution in [2.24, 2.45) is 0 Å². The van der Waals surface area contributed by atoms with Crippen molar-refractivity contribution >= 4 is 11.8 Å². The van der Waals surface area contributed by atoms with Gasteiger partial charge in [-0.25, -0.2) is 4.79 Å². The Balaban J connectivity index is 1.64. The monoisotopic (exact) mass is 320 g/mol. The highest BCUT2D eigenvalue weighted by Crippen LogP contribution is 2.39. The van der Waals surface area contributed by atoms with Crippen molar-refractivity contribution in [2.75, 3.05) is 6.61 Å². The van der Waals surface area contributed by atoms with Crippen LogP contribution < -0.4 is 0 Å². The van der Waals surface area contributed by atoms with Gasteiger partial charge in [-0.1, -0.05) is 18.2 Å². The Kier molecular flexibility index (Phi) is 4.00. The van der Waals surface area contributed by atoms with Crippen molar-refractivity contribution in [1.82, 2.24) is 0 Å². The molecule has 1 aliphatic heterocycles. The minimum Gasteiger partial charge on any atom is -0.459 e. The number of ketones is 1. The van der Waals surface area contributed by atoms with Gasteiger partial charge in [0.25, 0.3) is 0 Å². The van der Waals surface area contributed by atoms with Crippen LogP contribution in [0, 0.1) is 0 Å². The quantitative estimate of drug-likeness (QED) is 0.849. The van der Waals surface area contributed by atoms with Crippen molar-refractivity contribution in [3.8, 4) is 0 Å². The van der Waals surface area contributed by atoms with Crippen LogP contribution in [0.4, 0.5) is 0 Å².